The highest BCUT2D eigenvalue weighted by molar-refractivity contribution is 5.97. The van der Waals surface area contributed by atoms with Crippen LogP contribution in [0.5, 0.6) is 5.75 Å². The van der Waals surface area contributed by atoms with Gasteiger partial charge in [-0.1, -0.05) is 19.9 Å². The minimum Gasteiger partial charge on any atom is -0.494 e. The summed E-state index contributed by atoms with van der Waals surface area (Å²) in [4.78, 5) is 24.4. The number of hydrogen-bond donors (Lipinski definition) is 2. The van der Waals surface area contributed by atoms with Crippen molar-refractivity contribution in [2.24, 2.45) is 5.92 Å². The van der Waals surface area contributed by atoms with Gasteiger partial charge in [-0.2, -0.15) is 5.26 Å². The largest absolute Gasteiger partial charge is 0.494 e. The van der Waals surface area contributed by atoms with Gasteiger partial charge in [-0.15, -0.1) is 0 Å². The van der Waals surface area contributed by atoms with E-state index >= 15 is 0 Å². The molecule has 6 heteroatoms. The highest BCUT2D eigenvalue weighted by atomic mass is 16.5. The molecule has 2 N–H and O–H groups in total. The van der Waals surface area contributed by atoms with Crippen LogP contribution >= 0.6 is 0 Å². The molecular weight excluding hydrogens is 294 g/mol. The van der Waals surface area contributed by atoms with E-state index < -0.39 is 6.04 Å². The summed E-state index contributed by atoms with van der Waals surface area (Å²) in [5.74, 6) is 0.135. The summed E-state index contributed by atoms with van der Waals surface area (Å²) >= 11 is 0. The van der Waals surface area contributed by atoms with Gasteiger partial charge in [-0.05, 0) is 37.5 Å². The third-order valence-corrected chi connectivity index (χ3v) is 3.08. The predicted octanol–water partition coefficient (Wildman–Crippen LogP) is 1.87. The predicted molar refractivity (Wildman–Crippen MR) is 86.9 cm³/mol. The zero-order valence-electron chi connectivity index (χ0n) is 13.8. The second kappa shape index (κ2) is 9.46. The monoisotopic (exact) mass is 317 g/mol. The number of ether oxygens (including phenoxy) is 1. The van der Waals surface area contributed by atoms with E-state index in [0.717, 1.165) is 0 Å². The summed E-state index contributed by atoms with van der Waals surface area (Å²) in [6, 6.07) is 7.98. The molecule has 0 unspecified atom stereocenters. The van der Waals surface area contributed by atoms with Crippen LogP contribution in [0.1, 0.15) is 37.6 Å². The van der Waals surface area contributed by atoms with Gasteiger partial charge in [0.05, 0.1) is 12.7 Å². The summed E-state index contributed by atoms with van der Waals surface area (Å²) in [6.45, 7) is 6.23. The van der Waals surface area contributed by atoms with Crippen molar-refractivity contribution in [3.63, 3.8) is 0 Å². The van der Waals surface area contributed by atoms with E-state index in [2.05, 4.69) is 10.6 Å². The normalized spacial score (nSPS) is 11.4. The quantitative estimate of drug-likeness (QED) is 0.716. The molecule has 1 rings (SSSR count). The molecule has 0 saturated carbocycles. The average molecular weight is 317 g/mol. The molecule has 0 heterocycles. The molecule has 23 heavy (non-hydrogen) atoms. The van der Waals surface area contributed by atoms with Crippen molar-refractivity contribution in [3.8, 4) is 11.8 Å². The van der Waals surface area contributed by atoms with Gasteiger partial charge >= 0.3 is 0 Å². The highest BCUT2D eigenvalue weighted by Gasteiger charge is 2.22. The second-order valence-electron chi connectivity index (χ2n) is 5.49. The lowest BCUT2D eigenvalue weighted by Gasteiger charge is -2.19. The molecule has 0 saturated heterocycles. The maximum absolute atomic E-state index is 12.4. The van der Waals surface area contributed by atoms with E-state index in [9.17, 15) is 9.59 Å². The number of benzene rings is 1. The van der Waals surface area contributed by atoms with Crippen molar-refractivity contribution < 1.29 is 14.3 Å². The molecule has 0 aliphatic carbocycles. The molecule has 0 fully saturated rings. The van der Waals surface area contributed by atoms with E-state index in [4.69, 9.17) is 10.00 Å². The molecule has 124 valence electrons. The number of nitrogens with one attached hydrogen (secondary N) is 2. The zero-order valence-corrected chi connectivity index (χ0v) is 13.8. The smallest absolute Gasteiger partial charge is 0.252 e. The lowest BCUT2D eigenvalue weighted by Crippen LogP contribution is -2.47. The van der Waals surface area contributed by atoms with Crippen LogP contribution in [0.4, 0.5) is 0 Å². The van der Waals surface area contributed by atoms with Crippen molar-refractivity contribution in [2.45, 2.75) is 33.2 Å². The van der Waals surface area contributed by atoms with Crippen LogP contribution in [-0.4, -0.2) is 31.0 Å². The molecule has 1 aromatic rings. The Kier molecular flexibility index (Phi) is 7.61. The van der Waals surface area contributed by atoms with Crippen LogP contribution in [0.3, 0.4) is 0 Å². The number of amides is 2. The number of carbonyl (C=O) groups is 2. The van der Waals surface area contributed by atoms with Gasteiger partial charge in [-0.25, -0.2) is 0 Å². The van der Waals surface area contributed by atoms with Crippen LogP contribution in [0.25, 0.3) is 0 Å². The van der Waals surface area contributed by atoms with E-state index in [0.29, 0.717) is 24.3 Å². The molecule has 0 bridgehead atoms. The summed E-state index contributed by atoms with van der Waals surface area (Å²) in [6.07, 6.45) is 0.494. The maximum Gasteiger partial charge on any atom is 0.252 e. The Morgan fingerprint density at radius 1 is 1.35 bits per heavy atom. The first-order valence-electron chi connectivity index (χ1n) is 7.66. The van der Waals surface area contributed by atoms with Crippen LogP contribution in [0.2, 0.25) is 0 Å². The fourth-order valence-electron chi connectivity index (χ4n) is 2.09. The third kappa shape index (κ3) is 6.39. The van der Waals surface area contributed by atoms with Gasteiger partial charge in [0, 0.05) is 5.56 Å². The van der Waals surface area contributed by atoms with Crippen LogP contribution < -0.4 is 15.4 Å². The Morgan fingerprint density at radius 3 is 2.70 bits per heavy atom. The Bertz CT molecular complexity index is 579. The first kappa shape index (κ1) is 18.5. The molecule has 0 spiro atoms. The first-order valence-corrected chi connectivity index (χ1v) is 7.66. The van der Waals surface area contributed by atoms with Gasteiger partial charge < -0.3 is 15.4 Å². The maximum atomic E-state index is 12.4. The number of carbonyl (C=O) groups excluding carboxylic acids is 2. The van der Waals surface area contributed by atoms with Gasteiger partial charge in [-0.3, -0.25) is 9.59 Å². The minimum atomic E-state index is -0.674. The van der Waals surface area contributed by atoms with Crippen LogP contribution in [0, 0.1) is 17.2 Å². The molecule has 1 aromatic carbocycles. The molecule has 1 atom stereocenters. The summed E-state index contributed by atoms with van der Waals surface area (Å²) in [5, 5.41) is 13.8. The average Bonchev–Trinajstić information content (AvgIpc) is 2.52. The Hall–Kier alpha value is -2.55. The Labute approximate surface area is 136 Å². The zero-order chi connectivity index (χ0) is 17.2. The molecule has 0 aliphatic heterocycles. The van der Waals surface area contributed by atoms with Crippen molar-refractivity contribution in [1.82, 2.24) is 10.6 Å². The second-order valence-corrected chi connectivity index (χ2v) is 5.49. The van der Waals surface area contributed by atoms with Gasteiger partial charge in [0.2, 0.25) is 5.91 Å². The van der Waals surface area contributed by atoms with Crippen molar-refractivity contribution in [3.05, 3.63) is 29.8 Å². The van der Waals surface area contributed by atoms with E-state index in [-0.39, 0.29) is 24.3 Å². The number of rotatable bonds is 8. The molecule has 0 aliphatic rings. The fraction of sp³-hybridized carbons (Fsp3) is 0.471. The number of nitrogens with zero attached hydrogens (tertiary/aromatic N) is 1. The van der Waals surface area contributed by atoms with Gasteiger partial charge in [0.15, 0.2) is 0 Å². The number of hydrogen-bond acceptors (Lipinski definition) is 4. The summed E-state index contributed by atoms with van der Waals surface area (Å²) in [5.41, 5.74) is 0.429. The lowest BCUT2D eigenvalue weighted by molar-refractivity contribution is -0.123. The minimum absolute atomic E-state index is 0.0802. The molecule has 0 aromatic heterocycles. The van der Waals surface area contributed by atoms with E-state index in [1.54, 1.807) is 24.3 Å². The third-order valence-electron chi connectivity index (χ3n) is 3.08. The standard InChI is InChI=1S/C17H23N3O3/c1-4-23-14-7-5-6-13(11-14)16(21)20-15(10-12(2)3)17(22)19-9-8-18/h5-7,11-12,15H,4,9-10H2,1-3H3,(H,19,22)(H,20,21)/t15-/m0/s1. The fourth-order valence-corrected chi connectivity index (χ4v) is 2.09. The molecular formula is C17H23N3O3. The van der Waals surface area contributed by atoms with Crippen molar-refractivity contribution in [1.29, 1.82) is 5.26 Å². The van der Waals surface area contributed by atoms with Crippen LogP contribution in [0.15, 0.2) is 24.3 Å². The van der Waals surface area contributed by atoms with Crippen LogP contribution in [-0.2, 0) is 4.79 Å². The molecule has 6 nitrogen and oxygen atoms in total. The van der Waals surface area contributed by atoms with Gasteiger partial charge in [0.1, 0.15) is 18.3 Å². The van der Waals surface area contributed by atoms with E-state index in [1.807, 2.05) is 26.8 Å². The first-order chi connectivity index (χ1) is 11.0. The van der Waals surface area contributed by atoms with E-state index in [1.165, 1.54) is 0 Å². The van der Waals surface area contributed by atoms with Gasteiger partial charge in [0.25, 0.3) is 5.91 Å². The van der Waals surface area contributed by atoms with Crippen molar-refractivity contribution >= 4 is 11.8 Å². The molecule has 2 amide bonds. The summed E-state index contributed by atoms with van der Waals surface area (Å²) in [7, 11) is 0. The summed E-state index contributed by atoms with van der Waals surface area (Å²) < 4.78 is 5.37. The number of nitriles is 1. The van der Waals surface area contributed by atoms with Crippen molar-refractivity contribution in [2.75, 3.05) is 13.2 Å². The Balaban J connectivity index is 2.81. The topological polar surface area (TPSA) is 91.2 Å². The molecule has 0 radical (unpaired) electrons. The lowest BCUT2D eigenvalue weighted by atomic mass is 10.0. The SMILES string of the molecule is CCOc1cccc(C(=O)N[C@@H](CC(C)C)C(=O)NCC#N)c1. The Morgan fingerprint density at radius 2 is 2.09 bits per heavy atom. The highest BCUT2D eigenvalue weighted by Crippen LogP contribution is 2.14.